The van der Waals surface area contributed by atoms with Crippen LogP contribution in [0.15, 0.2) is 65.5 Å². The van der Waals surface area contributed by atoms with E-state index < -0.39 is 6.04 Å². The maximum Gasteiger partial charge on any atom is 0.267 e. The van der Waals surface area contributed by atoms with Crippen LogP contribution in [0.3, 0.4) is 0 Å². The van der Waals surface area contributed by atoms with Crippen LogP contribution in [-0.4, -0.2) is 22.7 Å². The normalized spacial score (nSPS) is 11.8. The van der Waals surface area contributed by atoms with Crippen molar-refractivity contribution in [3.8, 4) is 17.0 Å². The predicted molar refractivity (Wildman–Crippen MR) is 105 cm³/mol. The van der Waals surface area contributed by atoms with Gasteiger partial charge in [0.05, 0.1) is 12.8 Å². The van der Waals surface area contributed by atoms with Gasteiger partial charge in [-0.2, -0.15) is 5.10 Å². The number of ketones is 1. The first kappa shape index (κ1) is 18.9. The van der Waals surface area contributed by atoms with Crippen LogP contribution in [0, 0.1) is 0 Å². The SMILES string of the molecule is COc1cccc(-c2ccc(=O)n(C(C)C(=O)Cc3cccc(Cl)c3)n2)c1. The minimum atomic E-state index is -0.693. The van der Waals surface area contributed by atoms with E-state index >= 15 is 0 Å². The van der Waals surface area contributed by atoms with E-state index in [0.717, 1.165) is 11.1 Å². The lowest BCUT2D eigenvalue weighted by Gasteiger charge is -2.14. The van der Waals surface area contributed by atoms with Crippen LogP contribution >= 0.6 is 11.6 Å². The summed E-state index contributed by atoms with van der Waals surface area (Å²) < 4.78 is 6.45. The summed E-state index contributed by atoms with van der Waals surface area (Å²) >= 11 is 5.97. The number of hydrogen-bond acceptors (Lipinski definition) is 4. The molecule has 0 aliphatic heterocycles. The van der Waals surface area contributed by atoms with Crippen molar-refractivity contribution in [2.45, 2.75) is 19.4 Å². The second kappa shape index (κ2) is 8.18. The molecule has 1 unspecified atom stereocenters. The number of benzene rings is 2. The first-order valence-electron chi connectivity index (χ1n) is 8.49. The predicted octanol–water partition coefficient (Wildman–Crippen LogP) is 3.95. The Bertz CT molecular complexity index is 1030. The van der Waals surface area contributed by atoms with Gasteiger partial charge in [0.1, 0.15) is 11.8 Å². The molecule has 3 rings (SSSR count). The maximum absolute atomic E-state index is 12.7. The van der Waals surface area contributed by atoms with Crippen molar-refractivity contribution >= 4 is 17.4 Å². The molecule has 0 aliphatic rings. The molecule has 1 heterocycles. The Morgan fingerprint density at radius 1 is 1.15 bits per heavy atom. The number of methoxy groups -OCH3 is 1. The van der Waals surface area contributed by atoms with Gasteiger partial charge in [0.2, 0.25) is 0 Å². The summed E-state index contributed by atoms with van der Waals surface area (Å²) in [6.45, 7) is 1.68. The third-order valence-corrected chi connectivity index (χ3v) is 4.53. The van der Waals surface area contributed by atoms with Crippen molar-refractivity contribution in [2.75, 3.05) is 7.11 Å². The molecule has 0 saturated heterocycles. The number of rotatable bonds is 6. The molecule has 27 heavy (non-hydrogen) atoms. The van der Waals surface area contributed by atoms with Crippen molar-refractivity contribution in [1.82, 2.24) is 9.78 Å². The molecule has 0 amide bonds. The Morgan fingerprint density at radius 2 is 1.93 bits per heavy atom. The lowest BCUT2D eigenvalue weighted by Crippen LogP contribution is -2.30. The van der Waals surface area contributed by atoms with Gasteiger partial charge in [-0.25, -0.2) is 4.68 Å². The van der Waals surface area contributed by atoms with Crippen LogP contribution in [0.5, 0.6) is 5.75 Å². The lowest BCUT2D eigenvalue weighted by molar-refractivity contribution is -0.121. The fraction of sp³-hybridized carbons (Fsp3) is 0.190. The van der Waals surface area contributed by atoms with E-state index in [1.165, 1.54) is 10.7 Å². The summed E-state index contributed by atoms with van der Waals surface area (Å²) in [5.41, 5.74) is 1.87. The number of halogens is 1. The number of carbonyl (C=O) groups excluding carboxylic acids is 1. The molecule has 138 valence electrons. The van der Waals surface area contributed by atoms with Gasteiger partial charge in [0.15, 0.2) is 5.78 Å². The summed E-state index contributed by atoms with van der Waals surface area (Å²) in [6.07, 6.45) is 0.180. The molecular weight excluding hydrogens is 364 g/mol. The van der Waals surface area contributed by atoms with Crippen LogP contribution in [0.25, 0.3) is 11.3 Å². The zero-order chi connectivity index (χ0) is 19.4. The van der Waals surface area contributed by atoms with Gasteiger partial charge in [0.25, 0.3) is 5.56 Å². The second-order valence-corrected chi connectivity index (χ2v) is 6.62. The number of aromatic nitrogens is 2. The van der Waals surface area contributed by atoms with E-state index in [4.69, 9.17) is 16.3 Å². The number of carbonyl (C=O) groups is 1. The Kier molecular flexibility index (Phi) is 5.72. The summed E-state index contributed by atoms with van der Waals surface area (Å²) in [5.74, 6) is 0.576. The highest BCUT2D eigenvalue weighted by atomic mass is 35.5. The highest BCUT2D eigenvalue weighted by Gasteiger charge is 2.18. The minimum absolute atomic E-state index is 0.116. The van der Waals surface area contributed by atoms with Crippen molar-refractivity contribution < 1.29 is 9.53 Å². The molecule has 3 aromatic rings. The Hall–Kier alpha value is -2.92. The molecule has 0 spiro atoms. The number of ether oxygens (including phenoxy) is 1. The minimum Gasteiger partial charge on any atom is -0.497 e. The number of nitrogens with zero attached hydrogens (tertiary/aromatic N) is 2. The number of hydrogen-bond donors (Lipinski definition) is 0. The first-order chi connectivity index (χ1) is 13.0. The zero-order valence-corrected chi connectivity index (χ0v) is 15.8. The Balaban J connectivity index is 1.89. The molecule has 0 radical (unpaired) electrons. The van der Waals surface area contributed by atoms with E-state index in [0.29, 0.717) is 16.5 Å². The van der Waals surface area contributed by atoms with E-state index in [2.05, 4.69) is 5.10 Å². The van der Waals surface area contributed by atoms with Gasteiger partial charge in [-0.3, -0.25) is 9.59 Å². The Morgan fingerprint density at radius 3 is 2.67 bits per heavy atom. The third-order valence-electron chi connectivity index (χ3n) is 4.29. The van der Waals surface area contributed by atoms with Crippen molar-refractivity contribution in [1.29, 1.82) is 0 Å². The smallest absolute Gasteiger partial charge is 0.267 e. The monoisotopic (exact) mass is 382 g/mol. The first-order valence-corrected chi connectivity index (χ1v) is 8.87. The average molecular weight is 383 g/mol. The molecule has 2 aromatic carbocycles. The van der Waals surface area contributed by atoms with Gasteiger partial charge in [-0.05, 0) is 42.8 Å². The molecule has 5 nitrogen and oxygen atoms in total. The molecule has 0 aliphatic carbocycles. The molecular formula is C21H19ClN2O3. The maximum atomic E-state index is 12.7. The molecule has 1 atom stereocenters. The fourth-order valence-electron chi connectivity index (χ4n) is 2.77. The van der Waals surface area contributed by atoms with Gasteiger partial charge in [0, 0.05) is 23.1 Å². The quantitative estimate of drug-likeness (QED) is 0.647. The average Bonchev–Trinajstić information content (AvgIpc) is 2.68. The van der Waals surface area contributed by atoms with Gasteiger partial charge < -0.3 is 4.74 Å². The molecule has 0 fully saturated rings. The van der Waals surface area contributed by atoms with E-state index in [1.54, 1.807) is 38.3 Å². The van der Waals surface area contributed by atoms with Crippen LogP contribution in [-0.2, 0) is 11.2 Å². The summed E-state index contributed by atoms with van der Waals surface area (Å²) in [4.78, 5) is 24.9. The fourth-order valence-corrected chi connectivity index (χ4v) is 2.98. The van der Waals surface area contributed by atoms with E-state index in [9.17, 15) is 9.59 Å². The van der Waals surface area contributed by atoms with E-state index in [1.807, 2.05) is 30.3 Å². The highest BCUT2D eigenvalue weighted by molar-refractivity contribution is 6.30. The molecule has 0 N–H and O–H groups in total. The molecule has 6 heteroatoms. The van der Waals surface area contributed by atoms with Crippen molar-refractivity contribution in [3.63, 3.8) is 0 Å². The van der Waals surface area contributed by atoms with Gasteiger partial charge in [-0.1, -0.05) is 35.9 Å². The Labute approximate surface area is 162 Å². The molecule has 1 aromatic heterocycles. The summed E-state index contributed by atoms with van der Waals surface area (Å²) in [6, 6.07) is 16.9. The zero-order valence-electron chi connectivity index (χ0n) is 15.1. The third kappa shape index (κ3) is 4.44. The topological polar surface area (TPSA) is 61.2 Å². The standard InChI is InChI=1S/C21H19ClN2O3/c1-14(20(25)12-15-5-3-7-17(22)11-15)24-21(26)10-9-19(23-24)16-6-4-8-18(13-16)27-2/h3-11,13-14H,12H2,1-2H3. The van der Waals surface area contributed by atoms with Crippen LogP contribution in [0.2, 0.25) is 5.02 Å². The summed E-state index contributed by atoms with van der Waals surface area (Å²) in [5, 5.41) is 4.97. The van der Waals surface area contributed by atoms with Crippen molar-refractivity contribution in [3.05, 3.63) is 81.6 Å². The molecule has 0 bridgehead atoms. The van der Waals surface area contributed by atoms with Crippen LogP contribution in [0.4, 0.5) is 0 Å². The molecule has 0 saturated carbocycles. The van der Waals surface area contributed by atoms with Gasteiger partial charge in [-0.15, -0.1) is 0 Å². The lowest BCUT2D eigenvalue weighted by atomic mass is 10.0. The second-order valence-electron chi connectivity index (χ2n) is 6.18. The summed E-state index contributed by atoms with van der Waals surface area (Å²) in [7, 11) is 1.59. The highest BCUT2D eigenvalue weighted by Crippen LogP contribution is 2.22. The van der Waals surface area contributed by atoms with Crippen LogP contribution < -0.4 is 10.3 Å². The largest absolute Gasteiger partial charge is 0.497 e. The number of Topliss-reactive ketones (excluding diaryl/α,β-unsaturated/α-hetero) is 1. The van der Waals surface area contributed by atoms with E-state index in [-0.39, 0.29) is 17.8 Å². The van der Waals surface area contributed by atoms with Crippen molar-refractivity contribution in [2.24, 2.45) is 0 Å². The van der Waals surface area contributed by atoms with Crippen LogP contribution in [0.1, 0.15) is 18.5 Å². The van der Waals surface area contributed by atoms with Gasteiger partial charge >= 0.3 is 0 Å².